The molecule has 0 saturated heterocycles. The van der Waals surface area contributed by atoms with Crippen LogP contribution < -0.4 is 10.5 Å². The maximum atomic E-state index is 9.53. The minimum atomic E-state index is -0.199. The number of aromatic nitrogens is 1. The predicted molar refractivity (Wildman–Crippen MR) is 90.1 cm³/mol. The molecule has 1 aliphatic rings. The number of nitriles is 1. The zero-order valence-corrected chi connectivity index (χ0v) is 13.2. The van der Waals surface area contributed by atoms with Crippen molar-refractivity contribution in [3.63, 3.8) is 0 Å². The van der Waals surface area contributed by atoms with Crippen LogP contribution in [0.2, 0.25) is 0 Å². The number of hydrogen-bond donors (Lipinski definition) is 1. The van der Waals surface area contributed by atoms with Crippen molar-refractivity contribution in [2.45, 2.75) is 12.8 Å². The quantitative estimate of drug-likeness (QED) is 0.740. The van der Waals surface area contributed by atoms with E-state index in [-0.39, 0.29) is 11.8 Å². The average Bonchev–Trinajstić information content (AvgIpc) is 3.07. The normalized spacial score (nSPS) is 16.8. The summed E-state index contributed by atoms with van der Waals surface area (Å²) in [6, 6.07) is 14.2. The molecule has 23 heavy (non-hydrogen) atoms. The molecule has 0 radical (unpaired) electrons. The van der Waals surface area contributed by atoms with Crippen molar-refractivity contribution in [2.24, 2.45) is 5.73 Å². The Morgan fingerprint density at radius 2 is 2.09 bits per heavy atom. The second kappa shape index (κ2) is 5.11. The lowest BCUT2D eigenvalue weighted by Gasteiger charge is -2.26. The first-order valence-corrected chi connectivity index (χ1v) is 8.08. The SMILES string of the molecule is Cc1ccc2ccc3c(c2n1)OC(N)=C(C#N)C3c1cccs1. The number of rotatable bonds is 1. The Hall–Kier alpha value is -2.84. The van der Waals surface area contributed by atoms with Crippen molar-refractivity contribution in [3.05, 3.63) is 69.4 Å². The van der Waals surface area contributed by atoms with Gasteiger partial charge in [0.15, 0.2) is 5.75 Å². The molecule has 4 nitrogen and oxygen atoms in total. The molecule has 3 heterocycles. The van der Waals surface area contributed by atoms with Crippen LogP contribution in [0, 0.1) is 18.3 Å². The van der Waals surface area contributed by atoms with E-state index in [1.165, 1.54) is 0 Å². The third kappa shape index (κ3) is 2.07. The summed E-state index contributed by atoms with van der Waals surface area (Å²) in [5, 5.41) is 12.5. The largest absolute Gasteiger partial charge is 0.438 e. The third-order valence-electron chi connectivity index (χ3n) is 4.01. The highest BCUT2D eigenvalue weighted by atomic mass is 32.1. The van der Waals surface area contributed by atoms with Gasteiger partial charge in [0.1, 0.15) is 17.2 Å². The van der Waals surface area contributed by atoms with Crippen LogP contribution in [0.25, 0.3) is 10.9 Å². The molecule has 1 unspecified atom stereocenters. The molecular formula is C18H13N3OS. The molecule has 3 aromatic rings. The predicted octanol–water partition coefficient (Wildman–Crippen LogP) is 3.82. The van der Waals surface area contributed by atoms with E-state index in [4.69, 9.17) is 10.5 Å². The van der Waals surface area contributed by atoms with Crippen LogP contribution in [0.15, 0.2) is 53.2 Å². The van der Waals surface area contributed by atoms with E-state index >= 15 is 0 Å². The van der Waals surface area contributed by atoms with E-state index < -0.39 is 0 Å². The number of benzene rings is 1. The minimum absolute atomic E-state index is 0.161. The molecule has 4 rings (SSSR count). The van der Waals surface area contributed by atoms with Gasteiger partial charge < -0.3 is 10.5 Å². The minimum Gasteiger partial charge on any atom is -0.438 e. The maximum Gasteiger partial charge on any atom is 0.205 e. The summed E-state index contributed by atoms with van der Waals surface area (Å²) in [4.78, 5) is 5.68. The number of nitrogens with zero attached hydrogens (tertiary/aromatic N) is 2. The second-order valence-corrected chi connectivity index (χ2v) is 6.43. The van der Waals surface area contributed by atoms with Gasteiger partial charge in [-0.2, -0.15) is 5.26 Å². The van der Waals surface area contributed by atoms with Crippen molar-refractivity contribution >= 4 is 22.2 Å². The van der Waals surface area contributed by atoms with E-state index in [1.54, 1.807) is 11.3 Å². The number of fused-ring (bicyclic) bond motifs is 3. The zero-order chi connectivity index (χ0) is 16.0. The van der Waals surface area contributed by atoms with Gasteiger partial charge in [0, 0.05) is 21.5 Å². The van der Waals surface area contributed by atoms with E-state index in [9.17, 15) is 5.26 Å². The summed E-state index contributed by atoms with van der Waals surface area (Å²) in [6.45, 7) is 1.94. The third-order valence-corrected chi connectivity index (χ3v) is 4.95. The molecule has 112 valence electrons. The van der Waals surface area contributed by atoms with E-state index in [0.29, 0.717) is 11.3 Å². The molecule has 0 aliphatic carbocycles. The number of allylic oxidation sites excluding steroid dienone is 1. The van der Waals surface area contributed by atoms with Gasteiger partial charge in [-0.25, -0.2) is 4.98 Å². The highest BCUT2D eigenvalue weighted by Gasteiger charge is 2.32. The lowest BCUT2D eigenvalue weighted by atomic mass is 9.87. The van der Waals surface area contributed by atoms with Crippen LogP contribution in [0.1, 0.15) is 22.1 Å². The molecule has 1 aromatic carbocycles. The Bertz CT molecular complexity index is 983. The molecule has 2 N–H and O–H groups in total. The topological polar surface area (TPSA) is 71.9 Å². The summed E-state index contributed by atoms with van der Waals surface area (Å²) in [5.74, 6) is 0.616. The molecule has 1 atom stereocenters. The first-order chi connectivity index (χ1) is 11.2. The van der Waals surface area contributed by atoms with Crippen LogP contribution in [-0.4, -0.2) is 4.98 Å². The summed E-state index contributed by atoms with van der Waals surface area (Å²) < 4.78 is 5.81. The Balaban J connectivity index is 2.04. The highest BCUT2D eigenvalue weighted by Crippen LogP contribution is 2.45. The highest BCUT2D eigenvalue weighted by molar-refractivity contribution is 7.10. The Labute approximate surface area is 137 Å². The van der Waals surface area contributed by atoms with Crippen LogP contribution >= 0.6 is 11.3 Å². The van der Waals surface area contributed by atoms with Gasteiger partial charge in [0.2, 0.25) is 5.88 Å². The lowest BCUT2D eigenvalue weighted by Crippen LogP contribution is -2.21. The maximum absolute atomic E-state index is 9.53. The van der Waals surface area contributed by atoms with Crippen molar-refractivity contribution in [1.82, 2.24) is 4.98 Å². The van der Waals surface area contributed by atoms with Gasteiger partial charge in [0.05, 0.1) is 5.92 Å². The molecule has 0 fully saturated rings. The van der Waals surface area contributed by atoms with E-state index in [2.05, 4.69) is 11.1 Å². The Morgan fingerprint density at radius 1 is 1.26 bits per heavy atom. The van der Waals surface area contributed by atoms with Crippen molar-refractivity contribution in [3.8, 4) is 11.8 Å². The van der Waals surface area contributed by atoms with Gasteiger partial charge in [-0.05, 0) is 24.4 Å². The smallest absolute Gasteiger partial charge is 0.205 e. The van der Waals surface area contributed by atoms with Crippen molar-refractivity contribution in [1.29, 1.82) is 5.26 Å². The summed E-state index contributed by atoms with van der Waals surface area (Å²) in [5.41, 5.74) is 9.12. The van der Waals surface area contributed by atoms with Gasteiger partial charge in [-0.1, -0.05) is 24.3 Å². The Morgan fingerprint density at radius 3 is 2.83 bits per heavy atom. The molecule has 0 amide bonds. The number of ether oxygens (including phenoxy) is 1. The number of nitrogens with two attached hydrogens (primary N) is 1. The number of hydrogen-bond acceptors (Lipinski definition) is 5. The lowest BCUT2D eigenvalue weighted by molar-refractivity contribution is 0.398. The zero-order valence-electron chi connectivity index (χ0n) is 12.4. The van der Waals surface area contributed by atoms with Crippen LogP contribution in [-0.2, 0) is 0 Å². The fourth-order valence-corrected chi connectivity index (χ4v) is 3.80. The average molecular weight is 319 g/mol. The monoisotopic (exact) mass is 319 g/mol. The second-order valence-electron chi connectivity index (χ2n) is 5.45. The molecular weight excluding hydrogens is 306 g/mol. The van der Waals surface area contributed by atoms with E-state index in [1.807, 2.05) is 48.7 Å². The number of aryl methyl sites for hydroxylation is 1. The first-order valence-electron chi connectivity index (χ1n) is 7.20. The standard InChI is InChI=1S/C18H13N3OS/c1-10-4-5-11-6-7-12-15(14-3-2-8-23-14)13(9-19)18(20)22-17(12)16(11)21-10/h2-8,15H,20H2,1H3. The Kier molecular flexibility index (Phi) is 3.07. The molecule has 0 spiro atoms. The van der Waals surface area contributed by atoms with Crippen molar-refractivity contribution in [2.75, 3.05) is 0 Å². The van der Waals surface area contributed by atoms with Gasteiger partial charge in [-0.3, -0.25) is 0 Å². The fourth-order valence-electron chi connectivity index (χ4n) is 2.94. The van der Waals surface area contributed by atoms with Crippen LogP contribution in [0.5, 0.6) is 5.75 Å². The van der Waals surface area contributed by atoms with Crippen LogP contribution in [0.3, 0.4) is 0 Å². The number of pyridine rings is 1. The fraction of sp³-hybridized carbons (Fsp3) is 0.111. The molecule has 5 heteroatoms. The summed E-state index contributed by atoms with van der Waals surface area (Å²) in [6.07, 6.45) is 0. The first kappa shape index (κ1) is 13.8. The van der Waals surface area contributed by atoms with E-state index in [0.717, 1.165) is 27.0 Å². The van der Waals surface area contributed by atoms with Gasteiger partial charge >= 0.3 is 0 Å². The van der Waals surface area contributed by atoms with Gasteiger partial charge in [-0.15, -0.1) is 11.3 Å². The van der Waals surface area contributed by atoms with Gasteiger partial charge in [0.25, 0.3) is 0 Å². The molecule has 0 saturated carbocycles. The summed E-state index contributed by atoms with van der Waals surface area (Å²) >= 11 is 1.61. The number of thiophene rings is 1. The van der Waals surface area contributed by atoms with Crippen molar-refractivity contribution < 1.29 is 4.74 Å². The van der Waals surface area contributed by atoms with Crippen LogP contribution in [0.4, 0.5) is 0 Å². The molecule has 0 bridgehead atoms. The molecule has 1 aliphatic heterocycles. The molecule has 2 aromatic heterocycles. The summed E-state index contributed by atoms with van der Waals surface area (Å²) in [7, 11) is 0.